The average Bonchev–Trinajstić information content (AvgIpc) is 2.98. The molecule has 0 saturated heterocycles. The van der Waals surface area contributed by atoms with Crippen LogP contribution in [0.4, 0.5) is 18.9 Å². The van der Waals surface area contributed by atoms with E-state index in [1.165, 1.54) is 17.2 Å². The number of carbonyl (C=O) groups excluding carboxylic acids is 1. The van der Waals surface area contributed by atoms with Gasteiger partial charge in [0.25, 0.3) is 10.0 Å². The van der Waals surface area contributed by atoms with Gasteiger partial charge in [0, 0.05) is 13.0 Å². The molecule has 44 heavy (non-hydrogen) atoms. The zero-order valence-electron chi connectivity index (χ0n) is 25.2. The van der Waals surface area contributed by atoms with Crippen LogP contribution in [0.15, 0.2) is 71.6 Å². The van der Waals surface area contributed by atoms with Crippen molar-refractivity contribution in [3.05, 3.63) is 94.5 Å². The molecule has 1 aliphatic heterocycles. The molecule has 1 amide bonds. The molecule has 2 aliphatic rings. The molecule has 3 aromatic rings. The van der Waals surface area contributed by atoms with Crippen LogP contribution >= 0.6 is 0 Å². The Bertz CT molecular complexity index is 1590. The molecule has 0 bridgehead atoms. The molecule has 2 atom stereocenters. The number of anilines is 1. The Morgan fingerprint density at radius 1 is 0.977 bits per heavy atom. The summed E-state index contributed by atoms with van der Waals surface area (Å²) < 4.78 is 69.5. The number of benzene rings is 3. The molecule has 1 aliphatic carbocycles. The topological polar surface area (TPSA) is 78.5 Å². The molecule has 1 unspecified atom stereocenters. The second-order valence-corrected chi connectivity index (χ2v) is 14.1. The lowest BCUT2D eigenvalue weighted by atomic mass is 9.86. The van der Waals surface area contributed by atoms with Gasteiger partial charge in [0.05, 0.1) is 28.2 Å². The number of hydrogen-bond donors (Lipinski definition) is 2. The molecule has 10 heteroatoms. The van der Waals surface area contributed by atoms with Gasteiger partial charge >= 0.3 is 6.18 Å². The highest BCUT2D eigenvalue weighted by molar-refractivity contribution is 7.92. The van der Waals surface area contributed by atoms with Crippen LogP contribution in [0, 0.1) is 5.92 Å². The number of carbonyl (C=O) groups is 1. The summed E-state index contributed by atoms with van der Waals surface area (Å²) in [5, 5.41) is 6.64. The van der Waals surface area contributed by atoms with Crippen molar-refractivity contribution in [2.75, 3.05) is 10.8 Å². The van der Waals surface area contributed by atoms with E-state index in [9.17, 15) is 26.4 Å². The van der Waals surface area contributed by atoms with E-state index in [2.05, 4.69) is 42.7 Å². The summed E-state index contributed by atoms with van der Waals surface area (Å²) in [6, 6.07) is 16.2. The monoisotopic (exact) mass is 627 g/mol. The van der Waals surface area contributed by atoms with Gasteiger partial charge in [-0.2, -0.15) is 13.2 Å². The first kappa shape index (κ1) is 32.0. The van der Waals surface area contributed by atoms with Crippen LogP contribution in [-0.4, -0.2) is 26.9 Å². The quantitative estimate of drug-likeness (QED) is 0.239. The minimum Gasteiger partial charge on any atom is -0.349 e. The second kappa shape index (κ2) is 13.3. The first-order valence-corrected chi connectivity index (χ1v) is 16.8. The third-order valence-electron chi connectivity index (χ3n) is 8.53. The third-order valence-corrected chi connectivity index (χ3v) is 10.4. The van der Waals surface area contributed by atoms with E-state index >= 15 is 0 Å². The van der Waals surface area contributed by atoms with E-state index in [4.69, 9.17) is 0 Å². The van der Waals surface area contributed by atoms with Crippen molar-refractivity contribution in [2.45, 2.75) is 88.5 Å². The molecular weight excluding hydrogens is 587 g/mol. The molecule has 0 radical (unpaired) electrons. The summed E-state index contributed by atoms with van der Waals surface area (Å²) in [4.78, 5) is 13.0. The van der Waals surface area contributed by atoms with Gasteiger partial charge in [0.1, 0.15) is 0 Å². The second-order valence-electron chi connectivity index (χ2n) is 12.3. The smallest absolute Gasteiger partial charge is 0.349 e. The summed E-state index contributed by atoms with van der Waals surface area (Å²) in [5.74, 6) is 0.363. The molecule has 5 rings (SSSR count). The number of halogens is 3. The summed E-state index contributed by atoms with van der Waals surface area (Å²) in [5.41, 5.74) is 3.63. The van der Waals surface area contributed by atoms with Crippen molar-refractivity contribution < 1.29 is 26.4 Å². The zero-order valence-corrected chi connectivity index (χ0v) is 26.0. The Morgan fingerprint density at radius 2 is 1.77 bits per heavy atom. The van der Waals surface area contributed by atoms with Crippen LogP contribution in [-0.2, 0) is 40.4 Å². The van der Waals surface area contributed by atoms with Crippen LogP contribution in [0.3, 0.4) is 0 Å². The zero-order chi connectivity index (χ0) is 31.5. The van der Waals surface area contributed by atoms with Crippen molar-refractivity contribution >= 4 is 21.6 Å². The van der Waals surface area contributed by atoms with Crippen LogP contribution in [0.5, 0.6) is 0 Å². The van der Waals surface area contributed by atoms with Gasteiger partial charge < -0.3 is 10.6 Å². The van der Waals surface area contributed by atoms with Crippen molar-refractivity contribution in [1.29, 1.82) is 0 Å². The van der Waals surface area contributed by atoms with Gasteiger partial charge in [-0.15, -0.1) is 0 Å². The van der Waals surface area contributed by atoms with Gasteiger partial charge in [0.15, 0.2) is 0 Å². The standard InChI is InChI=1S/C34H40F3N3O3S/c1-23(2)17-18-38-22-24-13-16-30-26(19-24)8-5-11-31(30)39-33(41)21-28-15-14-25-7-3-4-12-32(25)40(28)44(42,43)29-10-6-9-27(20-29)34(35,36)37/h3-4,6-7,9-10,12-13,16,19-20,23,28,31,38H,5,8,11,14-15,17-18,21-22H2,1-2H3,(H,39,41)/t28?,31-/m1/s1. The number of amides is 1. The molecule has 0 fully saturated rings. The molecule has 0 saturated carbocycles. The fourth-order valence-corrected chi connectivity index (χ4v) is 8.01. The van der Waals surface area contributed by atoms with Gasteiger partial charge in [-0.1, -0.05) is 56.3 Å². The Hall–Kier alpha value is -3.37. The fourth-order valence-electron chi connectivity index (χ4n) is 6.25. The normalized spacial score (nSPS) is 18.5. The molecule has 3 aromatic carbocycles. The summed E-state index contributed by atoms with van der Waals surface area (Å²) >= 11 is 0. The average molecular weight is 628 g/mol. The van der Waals surface area contributed by atoms with Gasteiger partial charge in [-0.3, -0.25) is 9.10 Å². The van der Waals surface area contributed by atoms with Crippen LogP contribution in [0.2, 0.25) is 0 Å². The molecule has 0 aromatic heterocycles. The SMILES string of the molecule is CC(C)CCNCc1ccc2c(c1)CCC[C@H]2NC(=O)CC1CCc2ccccc2N1S(=O)(=O)c1cccc(C(F)(F)F)c1. The number of nitrogens with zero attached hydrogens (tertiary/aromatic N) is 1. The van der Waals surface area contributed by atoms with Crippen molar-refractivity contribution in [3.63, 3.8) is 0 Å². The molecule has 236 valence electrons. The maximum Gasteiger partial charge on any atom is 0.416 e. The minimum absolute atomic E-state index is 0.101. The fraction of sp³-hybridized carbons (Fsp3) is 0.441. The number of fused-ring (bicyclic) bond motifs is 2. The predicted octanol–water partition coefficient (Wildman–Crippen LogP) is 6.94. The van der Waals surface area contributed by atoms with E-state index in [0.29, 0.717) is 30.5 Å². The number of rotatable bonds is 10. The minimum atomic E-state index is -4.69. The molecular formula is C34H40F3N3O3S. The molecule has 0 spiro atoms. The largest absolute Gasteiger partial charge is 0.416 e. The highest BCUT2D eigenvalue weighted by Crippen LogP contribution is 2.38. The number of alkyl halides is 3. The van der Waals surface area contributed by atoms with Crippen molar-refractivity contribution in [2.24, 2.45) is 5.92 Å². The summed E-state index contributed by atoms with van der Waals surface area (Å²) in [7, 11) is -4.41. The Morgan fingerprint density at radius 3 is 2.55 bits per heavy atom. The predicted molar refractivity (Wildman–Crippen MR) is 166 cm³/mol. The van der Waals surface area contributed by atoms with Crippen molar-refractivity contribution in [1.82, 2.24) is 10.6 Å². The number of aryl methyl sites for hydroxylation is 2. The van der Waals surface area contributed by atoms with E-state index in [0.717, 1.165) is 66.3 Å². The maximum atomic E-state index is 14.0. The molecule has 6 nitrogen and oxygen atoms in total. The van der Waals surface area contributed by atoms with Crippen LogP contribution < -0.4 is 14.9 Å². The Kier molecular flexibility index (Phi) is 9.70. The van der Waals surface area contributed by atoms with E-state index in [1.54, 1.807) is 18.2 Å². The third kappa shape index (κ3) is 7.29. The number of nitrogens with one attached hydrogen (secondary N) is 2. The van der Waals surface area contributed by atoms with Crippen molar-refractivity contribution in [3.8, 4) is 0 Å². The Balaban J connectivity index is 1.34. The maximum absolute atomic E-state index is 14.0. The molecule has 2 N–H and O–H groups in total. The first-order chi connectivity index (χ1) is 20.9. The highest BCUT2D eigenvalue weighted by atomic mass is 32.2. The van der Waals surface area contributed by atoms with Gasteiger partial charge in [-0.05, 0) is 97.5 Å². The lowest BCUT2D eigenvalue weighted by Gasteiger charge is -2.38. The van der Waals surface area contributed by atoms with E-state index in [1.807, 2.05) is 6.07 Å². The van der Waals surface area contributed by atoms with Gasteiger partial charge in [0.2, 0.25) is 5.91 Å². The van der Waals surface area contributed by atoms with Crippen LogP contribution in [0.25, 0.3) is 0 Å². The summed E-state index contributed by atoms with van der Waals surface area (Å²) in [6.07, 6.45) is -0.101. The number of sulfonamides is 1. The van der Waals surface area contributed by atoms with E-state index < -0.39 is 32.7 Å². The molecule has 1 heterocycles. The van der Waals surface area contributed by atoms with Crippen LogP contribution in [0.1, 0.15) is 79.8 Å². The first-order valence-electron chi connectivity index (χ1n) is 15.3. The lowest BCUT2D eigenvalue weighted by molar-refractivity contribution is -0.137. The van der Waals surface area contributed by atoms with E-state index in [-0.39, 0.29) is 18.4 Å². The highest BCUT2D eigenvalue weighted by Gasteiger charge is 2.39. The Labute approximate surface area is 258 Å². The summed E-state index contributed by atoms with van der Waals surface area (Å²) in [6.45, 7) is 6.15. The lowest BCUT2D eigenvalue weighted by Crippen LogP contribution is -2.46. The number of para-hydroxylation sites is 1. The number of hydrogen-bond acceptors (Lipinski definition) is 4. The van der Waals surface area contributed by atoms with Gasteiger partial charge in [-0.25, -0.2) is 8.42 Å².